The van der Waals surface area contributed by atoms with Crippen LogP contribution in [-0.2, 0) is 4.74 Å². The van der Waals surface area contributed by atoms with Gasteiger partial charge in [0.1, 0.15) is 0 Å². The lowest BCUT2D eigenvalue weighted by Gasteiger charge is -2.50. The molecule has 2 N–H and O–H groups in total. The van der Waals surface area contributed by atoms with E-state index in [-0.39, 0.29) is 5.54 Å². The van der Waals surface area contributed by atoms with Crippen LogP contribution < -0.4 is 5.73 Å². The first-order chi connectivity index (χ1) is 9.20. The van der Waals surface area contributed by atoms with Gasteiger partial charge in [-0.3, -0.25) is 4.90 Å². The number of nitrogens with two attached hydrogens (primary N) is 1. The van der Waals surface area contributed by atoms with Crippen LogP contribution in [0.2, 0.25) is 0 Å². The van der Waals surface area contributed by atoms with Crippen molar-refractivity contribution in [1.82, 2.24) is 9.80 Å². The van der Waals surface area contributed by atoms with E-state index in [9.17, 15) is 0 Å². The zero-order valence-electron chi connectivity index (χ0n) is 12.7. The molecule has 0 bridgehead atoms. The van der Waals surface area contributed by atoms with Crippen molar-refractivity contribution in [2.24, 2.45) is 5.73 Å². The molecular weight excluding hydrogens is 238 g/mol. The molecule has 0 spiro atoms. The summed E-state index contributed by atoms with van der Waals surface area (Å²) in [6, 6.07) is 0. The summed E-state index contributed by atoms with van der Waals surface area (Å²) in [6.07, 6.45) is 6.43. The van der Waals surface area contributed by atoms with E-state index in [1.54, 1.807) is 0 Å². The quantitative estimate of drug-likeness (QED) is 0.817. The van der Waals surface area contributed by atoms with Crippen molar-refractivity contribution in [3.8, 4) is 0 Å². The van der Waals surface area contributed by atoms with Crippen molar-refractivity contribution in [1.29, 1.82) is 0 Å². The van der Waals surface area contributed by atoms with Crippen LogP contribution >= 0.6 is 0 Å². The van der Waals surface area contributed by atoms with Crippen molar-refractivity contribution in [2.75, 3.05) is 46.4 Å². The zero-order valence-corrected chi connectivity index (χ0v) is 12.7. The summed E-state index contributed by atoms with van der Waals surface area (Å²) in [6.45, 7) is 8.51. The average molecular weight is 269 g/mol. The third-order valence-electron chi connectivity index (χ3n) is 4.90. The molecule has 2 saturated heterocycles. The van der Waals surface area contributed by atoms with Gasteiger partial charge < -0.3 is 15.4 Å². The molecule has 0 amide bonds. The molecule has 2 heterocycles. The van der Waals surface area contributed by atoms with Crippen LogP contribution in [0.1, 0.15) is 39.0 Å². The van der Waals surface area contributed by atoms with Gasteiger partial charge in [0.25, 0.3) is 0 Å². The Bertz CT molecular complexity index is 264. The predicted octanol–water partition coefficient (Wildman–Crippen LogP) is 1.30. The van der Waals surface area contributed by atoms with Crippen molar-refractivity contribution in [3.63, 3.8) is 0 Å². The van der Waals surface area contributed by atoms with E-state index in [1.165, 1.54) is 45.3 Å². The minimum absolute atomic E-state index is 0.237. The van der Waals surface area contributed by atoms with E-state index in [0.29, 0.717) is 6.10 Å². The lowest BCUT2D eigenvalue weighted by molar-refractivity contribution is -0.0520. The van der Waals surface area contributed by atoms with Gasteiger partial charge in [-0.05, 0) is 58.8 Å². The SMILES string of the molecule is CCCOC1CCCN(C2(CN)CCN(C)CC2)C1. The summed E-state index contributed by atoms with van der Waals surface area (Å²) in [5.41, 5.74) is 6.40. The van der Waals surface area contributed by atoms with Crippen LogP contribution in [0.15, 0.2) is 0 Å². The van der Waals surface area contributed by atoms with Gasteiger partial charge in [-0.2, -0.15) is 0 Å². The van der Waals surface area contributed by atoms with E-state index in [2.05, 4.69) is 23.8 Å². The Labute approximate surface area is 118 Å². The molecule has 19 heavy (non-hydrogen) atoms. The maximum atomic E-state index is 6.16. The number of hydrogen-bond donors (Lipinski definition) is 1. The fourth-order valence-electron chi connectivity index (χ4n) is 3.47. The van der Waals surface area contributed by atoms with E-state index >= 15 is 0 Å². The topological polar surface area (TPSA) is 41.7 Å². The molecule has 0 aromatic rings. The number of likely N-dealkylation sites (tertiary alicyclic amines) is 2. The highest BCUT2D eigenvalue weighted by molar-refractivity contribution is 4.97. The molecule has 0 aliphatic carbocycles. The smallest absolute Gasteiger partial charge is 0.0702 e. The highest BCUT2D eigenvalue weighted by atomic mass is 16.5. The maximum absolute atomic E-state index is 6.16. The van der Waals surface area contributed by atoms with Crippen molar-refractivity contribution < 1.29 is 4.74 Å². The van der Waals surface area contributed by atoms with Crippen LogP contribution in [0.4, 0.5) is 0 Å². The molecule has 2 fully saturated rings. The van der Waals surface area contributed by atoms with Gasteiger partial charge in [-0.25, -0.2) is 0 Å². The first-order valence-corrected chi connectivity index (χ1v) is 7.95. The number of nitrogens with zero attached hydrogens (tertiary/aromatic N) is 2. The Morgan fingerprint density at radius 1 is 1.26 bits per heavy atom. The molecule has 0 saturated carbocycles. The van der Waals surface area contributed by atoms with E-state index in [4.69, 9.17) is 10.5 Å². The lowest BCUT2D eigenvalue weighted by Crippen LogP contribution is -2.62. The van der Waals surface area contributed by atoms with Gasteiger partial charge in [0.15, 0.2) is 0 Å². The molecule has 4 heteroatoms. The first-order valence-electron chi connectivity index (χ1n) is 7.95. The van der Waals surface area contributed by atoms with Gasteiger partial charge in [0, 0.05) is 25.2 Å². The van der Waals surface area contributed by atoms with Gasteiger partial charge in [-0.1, -0.05) is 6.92 Å². The minimum atomic E-state index is 0.237. The van der Waals surface area contributed by atoms with E-state index < -0.39 is 0 Å². The Morgan fingerprint density at radius 2 is 2.00 bits per heavy atom. The zero-order chi connectivity index (χ0) is 13.7. The second kappa shape index (κ2) is 7.02. The standard InChI is InChI=1S/C15H31N3O/c1-3-11-19-14-5-4-8-18(12-14)15(13-16)6-9-17(2)10-7-15/h14H,3-13,16H2,1-2H3. The van der Waals surface area contributed by atoms with Crippen LogP contribution in [0.25, 0.3) is 0 Å². The molecule has 0 aromatic heterocycles. The van der Waals surface area contributed by atoms with Gasteiger partial charge in [0.05, 0.1) is 6.10 Å². The molecule has 0 aromatic carbocycles. The molecule has 1 atom stereocenters. The van der Waals surface area contributed by atoms with Gasteiger partial charge in [0.2, 0.25) is 0 Å². The average Bonchev–Trinajstić information content (AvgIpc) is 2.47. The van der Waals surface area contributed by atoms with Crippen molar-refractivity contribution >= 4 is 0 Å². The summed E-state index contributed by atoms with van der Waals surface area (Å²) in [5, 5.41) is 0. The molecule has 0 radical (unpaired) electrons. The highest BCUT2D eigenvalue weighted by Crippen LogP contribution is 2.31. The van der Waals surface area contributed by atoms with Crippen molar-refractivity contribution in [2.45, 2.75) is 50.7 Å². The predicted molar refractivity (Wildman–Crippen MR) is 79.4 cm³/mol. The second-order valence-electron chi connectivity index (χ2n) is 6.31. The Morgan fingerprint density at radius 3 is 2.63 bits per heavy atom. The molecule has 1 unspecified atom stereocenters. The summed E-state index contributed by atoms with van der Waals surface area (Å²) < 4.78 is 5.97. The summed E-state index contributed by atoms with van der Waals surface area (Å²) in [7, 11) is 2.21. The van der Waals surface area contributed by atoms with Crippen LogP contribution in [0.3, 0.4) is 0 Å². The molecule has 2 aliphatic heterocycles. The van der Waals surface area contributed by atoms with Gasteiger partial charge in [-0.15, -0.1) is 0 Å². The highest BCUT2D eigenvalue weighted by Gasteiger charge is 2.40. The first kappa shape index (κ1) is 15.2. The Balaban J connectivity index is 1.94. The van der Waals surface area contributed by atoms with E-state index in [1.807, 2.05) is 0 Å². The Kier molecular flexibility index (Phi) is 5.63. The van der Waals surface area contributed by atoms with Gasteiger partial charge >= 0.3 is 0 Å². The number of ether oxygens (including phenoxy) is 1. The molecule has 4 nitrogen and oxygen atoms in total. The largest absolute Gasteiger partial charge is 0.377 e. The monoisotopic (exact) mass is 269 g/mol. The van der Waals surface area contributed by atoms with E-state index in [0.717, 1.165) is 26.1 Å². The maximum Gasteiger partial charge on any atom is 0.0702 e. The number of piperidine rings is 2. The number of rotatable bonds is 5. The Hall–Kier alpha value is -0.160. The van der Waals surface area contributed by atoms with Crippen molar-refractivity contribution in [3.05, 3.63) is 0 Å². The lowest BCUT2D eigenvalue weighted by atomic mass is 9.84. The van der Waals surface area contributed by atoms with Crippen LogP contribution in [-0.4, -0.2) is 67.8 Å². The number of hydrogen-bond acceptors (Lipinski definition) is 4. The van der Waals surface area contributed by atoms with Crippen LogP contribution in [0.5, 0.6) is 0 Å². The normalized spacial score (nSPS) is 29.5. The summed E-state index contributed by atoms with van der Waals surface area (Å²) in [4.78, 5) is 5.06. The second-order valence-corrected chi connectivity index (χ2v) is 6.31. The molecule has 2 rings (SSSR count). The molecule has 112 valence electrons. The third kappa shape index (κ3) is 3.69. The third-order valence-corrected chi connectivity index (χ3v) is 4.90. The molecule has 2 aliphatic rings. The fraction of sp³-hybridized carbons (Fsp3) is 1.00. The molecular formula is C15H31N3O. The van der Waals surface area contributed by atoms with Crippen LogP contribution in [0, 0.1) is 0 Å². The minimum Gasteiger partial charge on any atom is -0.377 e. The summed E-state index contributed by atoms with van der Waals surface area (Å²) in [5.74, 6) is 0. The fourth-order valence-corrected chi connectivity index (χ4v) is 3.47. The summed E-state index contributed by atoms with van der Waals surface area (Å²) >= 11 is 0.